The minimum absolute atomic E-state index is 0.0110. The summed E-state index contributed by atoms with van der Waals surface area (Å²) in [6.07, 6.45) is 0. The third-order valence-corrected chi connectivity index (χ3v) is 4.56. The van der Waals surface area contributed by atoms with E-state index in [-0.39, 0.29) is 28.4 Å². The fourth-order valence-electron chi connectivity index (χ4n) is 2.05. The molecule has 1 amide bonds. The van der Waals surface area contributed by atoms with E-state index < -0.39 is 0 Å². The van der Waals surface area contributed by atoms with Gasteiger partial charge in [-0.3, -0.25) is 14.9 Å². The maximum atomic E-state index is 12.0. The Bertz CT molecular complexity index is 489. The van der Waals surface area contributed by atoms with Crippen molar-refractivity contribution in [3.8, 4) is 5.75 Å². The number of hydrogen-bond donors (Lipinski definition) is 0. The molecule has 0 fully saturated rings. The summed E-state index contributed by atoms with van der Waals surface area (Å²) < 4.78 is 5.09. The van der Waals surface area contributed by atoms with Gasteiger partial charge in [-0.2, -0.15) is 0 Å². The number of amides is 1. The van der Waals surface area contributed by atoms with E-state index >= 15 is 0 Å². The van der Waals surface area contributed by atoms with Gasteiger partial charge in [-0.05, 0) is 31.5 Å². The van der Waals surface area contributed by atoms with Crippen LogP contribution in [0.2, 0.25) is 0 Å². The van der Waals surface area contributed by atoms with Gasteiger partial charge in [0.2, 0.25) is 12.5 Å². The van der Waals surface area contributed by atoms with Gasteiger partial charge in [-0.25, -0.2) is 0 Å². The van der Waals surface area contributed by atoms with Gasteiger partial charge in [0.15, 0.2) is 0 Å². The van der Waals surface area contributed by atoms with Crippen molar-refractivity contribution in [2.24, 2.45) is 0 Å². The third-order valence-electron chi connectivity index (χ3n) is 3.33. The number of nitro groups is 1. The third kappa shape index (κ3) is 5.55. The molecule has 0 heterocycles. The van der Waals surface area contributed by atoms with Gasteiger partial charge in [-0.15, -0.1) is 11.8 Å². The first-order valence-corrected chi connectivity index (χ1v) is 8.21. The number of methoxy groups -OCH3 is 1. The Hall–Kier alpha value is -1.76. The summed E-state index contributed by atoms with van der Waals surface area (Å²) in [6, 6.07) is 7.16. The molecule has 1 atom stereocenters. The van der Waals surface area contributed by atoms with Crippen LogP contribution in [0.5, 0.6) is 5.75 Å². The molecular weight excluding hydrogens is 304 g/mol. The SMILES string of the molecule is CCN(CC)C(=O)CSC(C[N+](=O)[O-])c1ccc(OC)cc1. The highest BCUT2D eigenvalue weighted by Crippen LogP contribution is 2.30. The Balaban J connectivity index is 2.75. The molecule has 0 bridgehead atoms. The Labute approximate surface area is 135 Å². The molecule has 0 radical (unpaired) electrons. The second kappa shape index (κ2) is 9.30. The van der Waals surface area contributed by atoms with Gasteiger partial charge in [0, 0.05) is 18.0 Å². The molecule has 0 saturated heterocycles. The lowest BCUT2D eigenvalue weighted by molar-refractivity contribution is -0.479. The predicted molar refractivity (Wildman–Crippen MR) is 88.0 cm³/mol. The normalized spacial score (nSPS) is 11.8. The number of carbonyl (C=O) groups excluding carboxylic acids is 1. The van der Waals surface area contributed by atoms with Gasteiger partial charge < -0.3 is 9.64 Å². The lowest BCUT2D eigenvalue weighted by atomic mass is 10.1. The van der Waals surface area contributed by atoms with E-state index in [0.29, 0.717) is 18.8 Å². The number of carbonyl (C=O) groups is 1. The number of benzene rings is 1. The summed E-state index contributed by atoms with van der Waals surface area (Å²) in [7, 11) is 1.57. The highest BCUT2D eigenvalue weighted by molar-refractivity contribution is 8.00. The molecule has 0 aromatic heterocycles. The number of rotatable bonds is 9. The van der Waals surface area contributed by atoms with E-state index in [9.17, 15) is 14.9 Å². The maximum absolute atomic E-state index is 12.0. The van der Waals surface area contributed by atoms with Crippen LogP contribution in [0.4, 0.5) is 0 Å². The summed E-state index contributed by atoms with van der Waals surface area (Å²) in [6.45, 7) is 4.94. The van der Waals surface area contributed by atoms with Crippen molar-refractivity contribution < 1.29 is 14.5 Å². The first kappa shape index (κ1) is 18.3. The molecule has 1 aromatic rings. The van der Waals surface area contributed by atoms with Crippen LogP contribution in [0, 0.1) is 10.1 Å². The first-order valence-electron chi connectivity index (χ1n) is 7.16. The molecule has 1 rings (SSSR count). The molecule has 6 nitrogen and oxygen atoms in total. The second-order valence-corrected chi connectivity index (χ2v) is 5.85. The van der Waals surface area contributed by atoms with Gasteiger partial charge >= 0.3 is 0 Å². The van der Waals surface area contributed by atoms with E-state index in [1.807, 2.05) is 26.0 Å². The fourth-order valence-corrected chi connectivity index (χ4v) is 3.15. The van der Waals surface area contributed by atoms with Crippen molar-refractivity contribution in [1.29, 1.82) is 0 Å². The number of thioether (sulfide) groups is 1. The molecule has 22 heavy (non-hydrogen) atoms. The summed E-state index contributed by atoms with van der Waals surface area (Å²) in [5, 5.41) is 10.5. The summed E-state index contributed by atoms with van der Waals surface area (Å²) in [5.41, 5.74) is 0.829. The highest BCUT2D eigenvalue weighted by Gasteiger charge is 2.21. The quantitative estimate of drug-likeness (QED) is 0.515. The molecule has 0 N–H and O–H groups in total. The van der Waals surface area contributed by atoms with Crippen LogP contribution in [0.1, 0.15) is 24.7 Å². The first-order chi connectivity index (χ1) is 10.5. The van der Waals surface area contributed by atoms with E-state index in [4.69, 9.17) is 4.74 Å². The lowest BCUT2D eigenvalue weighted by Crippen LogP contribution is -2.32. The van der Waals surface area contributed by atoms with E-state index in [1.165, 1.54) is 11.8 Å². The molecule has 0 saturated carbocycles. The lowest BCUT2D eigenvalue weighted by Gasteiger charge is -2.20. The van der Waals surface area contributed by atoms with Gasteiger partial charge in [0.1, 0.15) is 5.75 Å². The van der Waals surface area contributed by atoms with Crippen molar-refractivity contribution in [3.63, 3.8) is 0 Å². The zero-order valence-corrected chi connectivity index (χ0v) is 14.0. The summed E-state index contributed by atoms with van der Waals surface area (Å²) in [4.78, 5) is 24.3. The van der Waals surface area contributed by atoms with Gasteiger partial charge in [-0.1, -0.05) is 12.1 Å². The Morgan fingerprint density at radius 1 is 1.32 bits per heavy atom. The smallest absolute Gasteiger partial charge is 0.232 e. The Kier molecular flexibility index (Phi) is 7.73. The molecule has 122 valence electrons. The van der Waals surface area contributed by atoms with Crippen molar-refractivity contribution >= 4 is 17.7 Å². The number of nitrogens with zero attached hydrogens (tertiary/aromatic N) is 2. The van der Waals surface area contributed by atoms with Crippen LogP contribution < -0.4 is 4.74 Å². The van der Waals surface area contributed by atoms with Crippen molar-refractivity contribution in [2.75, 3.05) is 32.5 Å². The highest BCUT2D eigenvalue weighted by atomic mass is 32.2. The van der Waals surface area contributed by atoms with E-state index in [1.54, 1.807) is 24.1 Å². The molecule has 0 aliphatic carbocycles. The molecular formula is C15H22N2O4S. The predicted octanol–water partition coefficient (Wildman–Crippen LogP) is 2.61. The largest absolute Gasteiger partial charge is 0.497 e. The second-order valence-electron chi connectivity index (χ2n) is 4.65. The monoisotopic (exact) mass is 326 g/mol. The summed E-state index contributed by atoms with van der Waals surface area (Å²) in [5.74, 6) is 0.955. The zero-order valence-electron chi connectivity index (χ0n) is 13.2. The van der Waals surface area contributed by atoms with Crippen LogP contribution in [0.3, 0.4) is 0 Å². The Morgan fingerprint density at radius 2 is 1.91 bits per heavy atom. The fraction of sp³-hybridized carbons (Fsp3) is 0.533. The Morgan fingerprint density at radius 3 is 2.36 bits per heavy atom. The van der Waals surface area contributed by atoms with E-state index in [0.717, 1.165) is 5.56 Å². The molecule has 1 unspecified atom stereocenters. The standard InChI is InChI=1S/C15H22N2O4S/c1-4-16(5-2)15(18)11-22-14(10-17(19)20)12-6-8-13(21-3)9-7-12/h6-9,14H,4-5,10-11H2,1-3H3. The van der Waals surface area contributed by atoms with Gasteiger partial charge in [0.25, 0.3) is 0 Å². The van der Waals surface area contributed by atoms with Crippen molar-refractivity contribution in [2.45, 2.75) is 19.1 Å². The molecule has 7 heteroatoms. The minimum atomic E-state index is -0.347. The molecule has 0 spiro atoms. The topological polar surface area (TPSA) is 72.7 Å². The number of ether oxygens (including phenoxy) is 1. The molecule has 0 aliphatic rings. The molecule has 1 aromatic carbocycles. The van der Waals surface area contributed by atoms with Crippen molar-refractivity contribution in [3.05, 3.63) is 39.9 Å². The van der Waals surface area contributed by atoms with E-state index in [2.05, 4.69) is 0 Å². The maximum Gasteiger partial charge on any atom is 0.232 e. The average molecular weight is 326 g/mol. The van der Waals surface area contributed by atoms with Crippen LogP contribution in [-0.2, 0) is 4.79 Å². The van der Waals surface area contributed by atoms with Crippen LogP contribution in [-0.4, -0.2) is 48.2 Å². The van der Waals surface area contributed by atoms with Crippen LogP contribution >= 0.6 is 11.8 Å². The van der Waals surface area contributed by atoms with Gasteiger partial charge in [0.05, 0.1) is 18.1 Å². The minimum Gasteiger partial charge on any atom is -0.497 e. The molecule has 0 aliphatic heterocycles. The average Bonchev–Trinajstić information content (AvgIpc) is 2.52. The van der Waals surface area contributed by atoms with Crippen LogP contribution in [0.15, 0.2) is 24.3 Å². The zero-order chi connectivity index (χ0) is 16.5. The summed E-state index contributed by atoms with van der Waals surface area (Å²) >= 11 is 1.31. The number of hydrogen-bond acceptors (Lipinski definition) is 5. The van der Waals surface area contributed by atoms with Crippen molar-refractivity contribution in [1.82, 2.24) is 4.90 Å². The van der Waals surface area contributed by atoms with Crippen LogP contribution in [0.25, 0.3) is 0 Å².